The van der Waals surface area contributed by atoms with E-state index in [1.165, 1.54) is 19.1 Å². The smallest absolute Gasteiger partial charge is 0.382 e. The number of nitrogens with zero attached hydrogens (tertiary/aromatic N) is 1. The fourth-order valence-electron chi connectivity index (χ4n) is 1.92. The van der Waals surface area contributed by atoms with Crippen LogP contribution in [-0.2, 0) is 4.79 Å². The van der Waals surface area contributed by atoms with Crippen molar-refractivity contribution >= 4 is 17.8 Å². The summed E-state index contributed by atoms with van der Waals surface area (Å²) < 4.78 is 36.2. The zero-order valence-electron chi connectivity index (χ0n) is 14.5. The van der Waals surface area contributed by atoms with E-state index < -0.39 is 18.1 Å². The molecule has 0 fully saturated rings. The van der Waals surface area contributed by atoms with Gasteiger partial charge in [-0.05, 0) is 25.1 Å². The minimum absolute atomic E-state index is 0.0502. The van der Waals surface area contributed by atoms with Gasteiger partial charge in [0.15, 0.2) is 0 Å². The van der Waals surface area contributed by atoms with Gasteiger partial charge in [0.2, 0.25) is 0 Å². The van der Waals surface area contributed by atoms with Crippen LogP contribution in [0.2, 0.25) is 0 Å². The molecule has 0 saturated heterocycles. The maximum atomic E-state index is 12.1. The Morgan fingerprint density at radius 1 is 1.22 bits per heavy atom. The maximum absolute atomic E-state index is 12.1. The highest BCUT2D eigenvalue weighted by Crippen LogP contribution is 2.16. The molecule has 1 atom stereocenters. The zero-order chi connectivity index (χ0) is 20.3. The van der Waals surface area contributed by atoms with Crippen LogP contribution in [0.5, 0.6) is 0 Å². The number of anilines is 1. The normalized spacial score (nSPS) is 11.2. The summed E-state index contributed by atoms with van der Waals surface area (Å²) in [6, 6.07) is 17.7. The van der Waals surface area contributed by atoms with Gasteiger partial charge in [0.05, 0.1) is 11.6 Å². The first-order chi connectivity index (χ1) is 12.8. The first-order valence-corrected chi connectivity index (χ1v) is 7.94. The SMILES string of the molecule is CC(CNc1ccc(C#N)cc1C=N)NC(=O)C(F)(F)F.c1ccccc1. The molecule has 2 rings (SSSR count). The Morgan fingerprint density at radius 2 is 1.78 bits per heavy atom. The van der Waals surface area contributed by atoms with Crippen molar-refractivity contribution < 1.29 is 18.0 Å². The van der Waals surface area contributed by atoms with Gasteiger partial charge in [-0.25, -0.2) is 0 Å². The summed E-state index contributed by atoms with van der Waals surface area (Å²) in [7, 11) is 0. The van der Waals surface area contributed by atoms with Crippen LogP contribution in [0.25, 0.3) is 0 Å². The molecule has 0 aliphatic rings. The molecule has 27 heavy (non-hydrogen) atoms. The van der Waals surface area contributed by atoms with Gasteiger partial charge in [-0.15, -0.1) is 0 Å². The zero-order valence-corrected chi connectivity index (χ0v) is 14.5. The summed E-state index contributed by atoms with van der Waals surface area (Å²) in [4.78, 5) is 10.8. The predicted molar refractivity (Wildman–Crippen MR) is 97.6 cm³/mol. The van der Waals surface area contributed by atoms with Crippen LogP contribution < -0.4 is 10.6 Å². The van der Waals surface area contributed by atoms with Gasteiger partial charge in [0, 0.05) is 30.1 Å². The van der Waals surface area contributed by atoms with Crippen molar-refractivity contribution in [3.63, 3.8) is 0 Å². The highest BCUT2D eigenvalue weighted by molar-refractivity contribution is 5.86. The fourth-order valence-corrected chi connectivity index (χ4v) is 1.92. The lowest BCUT2D eigenvalue weighted by Crippen LogP contribution is -2.44. The second-order valence-corrected chi connectivity index (χ2v) is 5.47. The molecule has 2 aromatic carbocycles. The van der Waals surface area contributed by atoms with Gasteiger partial charge in [-0.2, -0.15) is 18.4 Å². The Bertz CT molecular complexity index is 759. The van der Waals surface area contributed by atoms with Crippen molar-refractivity contribution in [3.05, 3.63) is 65.7 Å². The summed E-state index contributed by atoms with van der Waals surface area (Å²) in [5.41, 5.74) is 1.30. The third-order valence-corrected chi connectivity index (χ3v) is 3.24. The first kappa shape index (κ1) is 21.7. The second kappa shape index (κ2) is 10.6. The molecule has 0 radical (unpaired) electrons. The monoisotopic (exact) mass is 376 g/mol. The highest BCUT2D eigenvalue weighted by atomic mass is 19.4. The molecule has 0 saturated carbocycles. The van der Waals surface area contributed by atoms with Crippen LogP contribution in [0.15, 0.2) is 54.6 Å². The third-order valence-electron chi connectivity index (χ3n) is 3.24. The maximum Gasteiger partial charge on any atom is 0.471 e. The van der Waals surface area contributed by atoms with Crippen LogP contribution in [-0.4, -0.2) is 30.9 Å². The van der Waals surface area contributed by atoms with Crippen LogP contribution in [0.3, 0.4) is 0 Å². The Balaban J connectivity index is 0.000000511. The van der Waals surface area contributed by atoms with E-state index in [0.717, 1.165) is 6.21 Å². The summed E-state index contributed by atoms with van der Waals surface area (Å²) >= 11 is 0. The lowest BCUT2D eigenvalue weighted by molar-refractivity contribution is -0.174. The summed E-state index contributed by atoms with van der Waals surface area (Å²) in [5, 5.41) is 20.6. The number of hydrogen-bond donors (Lipinski definition) is 3. The molecule has 1 unspecified atom stereocenters. The standard InChI is InChI=1S/C13H13F3N4O.C6H6/c1-8(20-12(21)13(14,15)16)7-19-11-3-2-9(5-17)4-10(11)6-18;1-2-4-6-5-3-1/h2-4,6,8,18-19H,7H2,1H3,(H,20,21);1-6H. The first-order valence-electron chi connectivity index (χ1n) is 7.94. The van der Waals surface area contributed by atoms with Gasteiger partial charge >= 0.3 is 12.1 Å². The number of halogens is 3. The van der Waals surface area contributed by atoms with Crippen LogP contribution >= 0.6 is 0 Å². The number of carbonyl (C=O) groups excluding carboxylic acids is 1. The number of rotatable bonds is 5. The van der Waals surface area contributed by atoms with Crippen LogP contribution in [0.1, 0.15) is 18.1 Å². The van der Waals surface area contributed by atoms with E-state index in [1.54, 1.807) is 6.07 Å². The average molecular weight is 376 g/mol. The molecular formula is C19H19F3N4O. The van der Waals surface area contributed by atoms with Crippen molar-refractivity contribution in [2.45, 2.75) is 19.1 Å². The summed E-state index contributed by atoms with van der Waals surface area (Å²) in [6.07, 6.45) is -3.88. The molecule has 0 aromatic heterocycles. The lowest BCUT2D eigenvalue weighted by atomic mass is 10.1. The highest BCUT2D eigenvalue weighted by Gasteiger charge is 2.39. The van der Waals surface area contributed by atoms with Crippen LogP contribution in [0, 0.1) is 16.7 Å². The Labute approximate surface area is 155 Å². The van der Waals surface area contributed by atoms with Gasteiger partial charge in [-0.3, -0.25) is 4.79 Å². The number of hydrogen-bond acceptors (Lipinski definition) is 4. The molecule has 2 aromatic rings. The average Bonchev–Trinajstić information content (AvgIpc) is 2.67. The number of alkyl halides is 3. The molecule has 5 nitrogen and oxygen atoms in total. The molecule has 1 amide bonds. The minimum atomic E-state index is -4.91. The van der Waals surface area contributed by atoms with E-state index in [9.17, 15) is 18.0 Å². The van der Waals surface area contributed by atoms with Gasteiger partial charge in [-0.1, -0.05) is 36.4 Å². The Hall–Kier alpha value is -3.34. The molecule has 8 heteroatoms. The van der Waals surface area contributed by atoms with Crippen molar-refractivity contribution in [1.29, 1.82) is 10.7 Å². The number of nitriles is 1. The van der Waals surface area contributed by atoms with Crippen molar-refractivity contribution in [2.24, 2.45) is 0 Å². The Morgan fingerprint density at radius 3 is 2.22 bits per heavy atom. The third kappa shape index (κ3) is 8.05. The van der Waals surface area contributed by atoms with Gasteiger partial charge in [0.25, 0.3) is 0 Å². The molecule has 0 heterocycles. The molecule has 0 aliphatic carbocycles. The number of carbonyl (C=O) groups is 1. The number of amides is 1. The van der Waals surface area contributed by atoms with Crippen molar-refractivity contribution in [1.82, 2.24) is 5.32 Å². The predicted octanol–water partition coefficient (Wildman–Crippen LogP) is 3.72. The van der Waals surface area contributed by atoms with Crippen molar-refractivity contribution in [2.75, 3.05) is 11.9 Å². The van der Waals surface area contributed by atoms with E-state index in [2.05, 4.69) is 5.32 Å². The summed E-state index contributed by atoms with van der Waals surface area (Å²) in [6.45, 7) is 1.47. The van der Waals surface area contributed by atoms with Gasteiger partial charge in [0.1, 0.15) is 0 Å². The quantitative estimate of drug-likeness (QED) is 0.695. The topological polar surface area (TPSA) is 88.8 Å². The van der Waals surface area contributed by atoms with Crippen LogP contribution in [0.4, 0.5) is 18.9 Å². The van der Waals surface area contributed by atoms with E-state index in [0.29, 0.717) is 16.8 Å². The van der Waals surface area contributed by atoms with E-state index in [4.69, 9.17) is 10.7 Å². The van der Waals surface area contributed by atoms with Crippen molar-refractivity contribution in [3.8, 4) is 6.07 Å². The minimum Gasteiger partial charge on any atom is -0.382 e. The van der Waals surface area contributed by atoms with E-state index >= 15 is 0 Å². The van der Waals surface area contributed by atoms with E-state index in [1.807, 2.05) is 47.8 Å². The summed E-state index contributed by atoms with van der Waals surface area (Å²) in [5.74, 6) is -2.00. The number of benzene rings is 2. The largest absolute Gasteiger partial charge is 0.471 e. The molecular weight excluding hydrogens is 357 g/mol. The lowest BCUT2D eigenvalue weighted by Gasteiger charge is -2.17. The molecule has 3 N–H and O–H groups in total. The Kier molecular flexibility index (Phi) is 8.53. The molecule has 0 bridgehead atoms. The molecule has 142 valence electrons. The molecule has 0 aliphatic heterocycles. The fraction of sp³-hybridized carbons (Fsp3) is 0.211. The molecule has 0 spiro atoms. The van der Waals surface area contributed by atoms with E-state index in [-0.39, 0.29) is 6.54 Å². The second-order valence-electron chi connectivity index (χ2n) is 5.47. The van der Waals surface area contributed by atoms with Gasteiger partial charge < -0.3 is 16.0 Å². The number of nitrogens with one attached hydrogen (secondary N) is 3.